The first kappa shape index (κ1) is 19.8. The largest absolute Gasteiger partial charge is 0.469 e. The van der Waals surface area contributed by atoms with E-state index in [1.165, 1.54) is 39.2 Å². The van der Waals surface area contributed by atoms with Crippen molar-refractivity contribution in [2.45, 2.75) is 46.0 Å². The van der Waals surface area contributed by atoms with E-state index in [0.29, 0.717) is 11.3 Å². The van der Waals surface area contributed by atoms with Gasteiger partial charge in [0.15, 0.2) is 5.96 Å². The molecular weight excluding hydrogens is 417 g/mol. The van der Waals surface area contributed by atoms with Crippen LogP contribution in [0.25, 0.3) is 0 Å². The summed E-state index contributed by atoms with van der Waals surface area (Å²) in [4.78, 5) is 19.1. The fraction of sp³-hybridized carbons (Fsp3) is 0.889. The number of methoxy groups -OCH3 is 1. The van der Waals surface area contributed by atoms with Crippen molar-refractivity contribution in [3.8, 4) is 0 Å². The SMILES string of the molecule is CCNC(=NCC1(C2CC2)CCC1)N1CC(C)C(C(=O)OC)C1.I. The number of aliphatic imine (C=N–C) groups is 1. The number of hydrogen-bond donors (Lipinski definition) is 1. The first-order chi connectivity index (χ1) is 11.1. The molecule has 0 bridgehead atoms. The van der Waals surface area contributed by atoms with Gasteiger partial charge in [-0.1, -0.05) is 13.3 Å². The Bertz CT molecular complexity index is 475. The molecule has 2 saturated carbocycles. The number of nitrogens with zero attached hydrogens (tertiary/aromatic N) is 2. The Balaban J connectivity index is 0.00000208. The number of carbonyl (C=O) groups is 1. The lowest BCUT2D eigenvalue weighted by molar-refractivity contribution is -0.145. The molecule has 1 N–H and O–H groups in total. The summed E-state index contributed by atoms with van der Waals surface area (Å²) in [6, 6.07) is 0. The first-order valence-electron chi connectivity index (χ1n) is 9.20. The van der Waals surface area contributed by atoms with Gasteiger partial charge in [-0.2, -0.15) is 0 Å². The fourth-order valence-corrected chi connectivity index (χ4v) is 4.28. The maximum Gasteiger partial charge on any atom is 0.310 e. The highest BCUT2D eigenvalue weighted by molar-refractivity contribution is 14.0. The van der Waals surface area contributed by atoms with Gasteiger partial charge in [0.1, 0.15) is 0 Å². The molecule has 0 aromatic rings. The van der Waals surface area contributed by atoms with E-state index in [9.17, 15) is 4.79 Å². The molecular formula is C18H32IN3O2. The van der Waals surface area contributed by atoms with Gasteiger partial charge in [0.25, 0.3) is 0 Å². The summed E-state index contributed by atoms with van der Waals surface area (Å²) in [6.07, 6.45) is 6.87. The lowest BCUT2D eigenvalue weighted by atomic mass is 9.65. The third-order valence-corrected chi connectivity index (χ3v) is 6.09. The Hall–Kier alpha value is -0.530. The van der Waals surface area contributed by atoms with Gasteiger partial charge in [-0.3, -0.25) is 9.79 Å². The molecule has 1 heterocycles. The molecule has 6 heteroatoms. The molecule has 1 aliphatic heterocycles. The smallest absolute Gasteiger partial charge is 0.310 e. The van der Waals surface area contributed by atoms with Crippen molar-refractivity contribution in [3.05, 3.63) is 0 Å². The van der Waals surface area contributed by atoms with Gasteiger partial charge in [0.05, 0.1) is 13.0 Å². The minimum Gasteiger partial charge on any atom is -0.469 e. The Morgan fingerprint density at radius 2 is 2.04 bits per heavy atom. The van der Waals surface area contributed by atoms with Gasteiger partial charge in [0.2, 0.25) is 0 Å². The predicted molar refractivity (Wildman–Crippen MR) is 107 cm³/mol. The van der Waals surface area contributed by atoms with Gasteiger partial charge in [-0.15, -0.1) is 24.0 Å². The van der Waals surface area contributed by atoms with Crippen LogP contribution >= 0.6 is 24.0 Å². The number of rotatable bonds is 5. The number of carbonyl (C=O) groups excluding carboxylic acids is 1. The van der Waals surface area contributed by atoms with Crippen LogP contribution in [0, 0.1) is 23.2 Å². The molecule has 1 saturated heterocycles. The van der Waals surface area contributed by atoms with Crippen LogP contribution in [0.15, 0.2) is 4.99 Å². The Morgan fingerprint density at radius 1 is 1.33 bits per heavy atom. The molecule has 2 aliphatic carbocycles. The second-order valence-electron chi connectivity index (χ2n) is 7.67. The van der Waals surface area contributed by atoms with Crippen LogP contribution in [0.1, 0.15) is 46.0 Å². The maximum absolute atomic E-state index is 11.9. The maximum atomic E-state index is 11.9. The first-order valence-corrected chi connectivity index (χ1v) is 9.20. The van der Waals surface area contributed by atoms with E-state index in [1.807, 2.05) is 0 Å². The Labute approximate surface area is 163 Å². The molecule has 0 radical (unpaired) electrons. The number of ether oxygens (including phenoxy) is 1. The van der Waals surface area contributed by atoms with E-state index in [1.54, 1.807) is 0 Å². The standard InChI is InChI=1S/C18H31N3O2.HI/c1-4-19-17(20-12-18(8-5-9-18)14-6-7-14)21-10-13(2)15(11-21)16(22)23-3;/h13-15H,4-12H2,1-3H3,(H,19,20);1H. The topological polar surface area (TPSA) is 53.9 Å². The quantitative estimate of drug-likeness (QED) is 0.304. The number of hydrogen-bond acceptors (Lipinski definition) is 3. The van der Waals surface area contributed by atoms with E-state index in [4.69, 9.17) is 9.73 Å². The monoisotopic (exact) mass is 449 g/mol. The van der Waals surface area contributed by atoms with E-state index in [2.05, 4.69) is 24.1 Å². The highest BCUT2D eigenvalue weighted by Crippen LogP contribution is 2.57. The molecule has 0 aromatic carbocycles. The van der Waals surface area contributed by atoms with Crippen LogP contribution in [0.4, 0.5) is 0 Å². The third kappa shape index (κ3) is 3.99. The van der Waals surface area contributed by atoms with E-state index in [0.717, 1.165) is 38.1 Å². The number of likely N-dealkylation sites (tertiary alicyclic amines) is 1. The summed E-state index contributed by atoms with van der Waals surface area (Å²) in [7, 11) is 1.48. The van der Waals surface area contributed by atoms with E-state index >= 15 is 0 Å². The molecule has 0 amide bonds. The number of halogens is 1. The second-order valence-corrected chi connectivity index (χ2v) is 7.67. The highest BCUT2D eigenvalue weighted by atomic mass is 127. The molecule has 138 valence electrons. The second kappa shape index (κ2) is 8.23. The Morgan fingerprint density at radius 3 is 2.54 bits per heavy atom. The molecule has 5 nitrogen and oxygen atoms in total. The molecule has 3 aliphatic rings. The van der Waals surface area contributed by atoms with Crippen LogP contribution in [0.2, 0.25) is 0 Å². The molecule has 2 atom stereocenters. The summed E-state index contributed by atoms with van der Waals surface area (Å²) in [5.41, 5.74) is 0.494. The number of esters is 1. The van der Waals surface area contributed by atoms with Gasteiger partial charge in [0, 0.05) is 26.2 Å². The van der Waals surface area contributed by atoms with Gasteiger partial charge in [-0.05, 0) is 49.9 Å². The van der Waals surface area contributed by atoms with E-state index < -0.39 is 0 Å². The zero-order chi connectivity index (χ0) is 16.4. The summed E-state index contributed by atoms with van der Waals surface area (Å²) in [5, 5.41) is 3.43. The molecule has 24 heavy (non-hydrogen) atoms. The van der Waals surface area contributed by atoms with Crippen molar-refractivity contribution >= 4 is 35.9 Å². The summed E-state index contributed by atoms with van der Waals surface area (Å²) < 4.78 is 4.95. The van der Waals surface area contributed by atoms with Crippen molar-refractivity contribution in [3.63, 3.8) is 0 Å². The van der Waals surface area contributed by atoms with Crippen LogP contribution < -0.4 is 5.32 Å². The van der Waals surface area contributed by atoms with Gasteiger partial charge >= 0.3 is 5.97 Å². The summed E-state index contributed by atoms with van der Waals surface area (Å²) in [6.45, 7) is 7.64. The number of nitrogens with one attached hydrogen (secondary N) is 1. The molecule has 0 aromatic heterocycles. The van der Waals surface area contributed by atoms with Crippen LogP contribution in [0.5, 0.6) is 0 Å². The van der Waals surface area contributed by atoms with Crippen LogP contribution in [0.3, 0.4) is 0 Å². The van der Waals surface area contributed by atoms with Crippen molar-refractivity contribution in [1.82, 2.24) is 10.2 Å². The summed E-state index contributed by atoms with van der Waals surface area (Å²) >= 11 is 0. The summed E-state index contributed by atoms with van der Waals surface area (Å²) in [5.74, 6) is 2.09. The normalized spacial score (nSPS) is 28.8. The molecule has 2 unspecified atom stereocenters. The van der Waals surface area contributed by atoms with Gasteiger partial charge in [-0.25, -0.2) is 0 Å². The average molecular weight is 449 g/mol. The fourth-order valence-electron chi connectivity index (χ4n) is 4.28. The Kier molecular flexibility index (Phi) is 6.79. The minimum absolute atomic E-state index is 0. The minimum atomic E-state index is -0.0932. The third-order valence-electron chi connectivity index (χ3n) is 6.09. The molecule has 0 spiro atoms. The zero-order valence-electron chi connectivity index (χ0n) is 15.2. The zero-order valence-corrected chi connectivity index (χ0v) is 17.5. The van der Waals surface area contributed by atoms with Gasteiger partial charge < -0.3 is 15.0 Å². The van der Waals surface area contributed by atoms with Crippen molar-refractivity contribution < 1.29 is 9.53 Å². The molecule has 3 rings (SSSR count). The predicted octanol–water partition coefficient (Wildman–Crippen LogP) is 2.89. The van der Waals surface area contributed by atoms with Crippen LogP contribution in [-0.4, -0.2) is 50.1 Å². The van der Waals surface area contributed by atoms with Crippen molar-refractivity contribution in [2.24, 2.45) is 28.2 Å². The number of guanidine groups is 1. The average Bonchev–Trinajstić information content (AvgIpc) is 3.27. The van der Waals surface area contributed by atoms with E-state index in [-0.39, 0.29) is 35.9 Å². The molecule has 3 fully saturated rings. The van der Waals surface area contributed by atoms with Crippen molar-refractivity contribution in [2.75, 3.05) is 33.3 Å². The lowest BCUT2D eigenvalue weighted by Gasteiger charge is -2.41. The lowest BCUT2D eigenvalue weighted by Crippen LogP contribution is -2.42. The van der Waals surface area contributed by atoms with Crippen LogP contribution in [-0.2, 0) is 9.53 Å². The highest BCUT2D eigenvalue weighted by Gasteiger charge is 2.49. The van der Waals surface area contributed by atoms with Crippen molar-refractivity contribution in [1.29, 1.82) is 0 Å².